The van der Waals surface area contributed by atoms with Crippen molar-refractivity contribution >= 4 is 12.4 Å². The maximum Gasteiger partial charge on any atom is -1.00 e. The molecule has 1 heterocycles. The SMILES string of the molecule is CC(C)(C)c1cc(C=[N+]2[Cr][N+](=Cc3cc(C(C)(C)C)cc(C(C)(C)C)c3O)[C@@H]3CCCC[C@H]32)c(O)c(C(C)(C)C)c1.[I-]. The number of benzene rings is 2. The van der Waals surface area contributed by atoms with Crippen LogP contribution in [0.2, 0.25) is 0 Å². The van der Waals surface area contributed by atoms with E-state index in [0.717, 1.165) is 35.1 Å². The Morgan fingerprint density at radius 1 is 0.595 bits per heavy atom. The number of nitrogens with zero attached hydrogens (tertiary/aromatic N) is 2. The van der Waals surface area contributed by atoms with E-state index in [4.69, 9.17) is 0 Å². The van der Waals surface area contributed by atoms with Crippen molar-refractivity contribution < 1.29 is 57.0 Å². The van der Waals surface area contributed by atoms with Gasteiger partial charge < -0.3 is 24.0 Å². The zero-order valence-corrected chi connectivity index (χ0v) is 31.5. The molecule has 42 heavy (non-hydrogen) atoms. The average Bonchev–Trinajstić information content (AvgIpc) is 3.15. The minimum Gasteiger partial charge on any atom is -1.00 e. The minimum atomic E-state index is -0.155. The third-order valence-electron chi connectivity index (χ3n) is 8.70. The summed E-state index contributed by atoms with van der Waals surface area (Å²) in [7, 11) is 0. The monoisotopic (exact) mass is 725 g/mol. The first-order chi connectivity index (χ1) is 18.7. The smallest absolute Gasteiger partial charge is 1.00 e. The van der Waals surface area contributed by atoms with Crippen LogP contribution in [-0.4, -0.2) is 41.8 Å². The van der Waals surface area contributed by atoms with Crippen molar-refractivity contribution in [3.05, 3.63) is 57.6 Å². The third-order valence-corrected chi connectivity index (χ3v) is 10.5. The predicted octanol–water partition coefficient (Wildman–Crippen LogP) is 5.09. The van der Waals surface area contributed by atoms with Gasteiger partial charge in [-0.15, -0.1) is 0 Å². The Hall–Kier alpha value is -1.36. The average molecular weight is 726 g/mol. The van der Waals surface area contributed by atoms with Gasteiger partial charge in [-0.25, -0.2) is 0 Å². The summed E-state index contributed by atoms with van der Waals surface area (Å²) in [4.78, 5) is 0. The maximum absolute atomic E-state index is 11.5. The molecule has 232 valence electrons. The van der Waals surface area contributed by atoms with Gasteiger partial charge in [0.15, 0.2) is 0 Å². The summed E-state index contributed by atoms with van der Waals surface area (Å²) in [6.45, 7) is 26.5. The van der Waals surface area contributed by atoms with E-state index in [1.54, 1.807) is 0 Å². The van der Waals surface area contributed by atoms with Crippen LogP contribution < -0.4 is 24.0 Å². The van der Waals surface area contributed by atoms with E-state index in [0.29, 0.717) is 23.6 Å². The number of hydrogen-bond acceptors (Lipinski definition) is 2. The molecule has 0 unspecified atom stereocenters. The van der Waals surface area contributed by atoms with E-state index < -0.39 is 0 Å². The van der Waals surface area contributed by atoms with E-state index in [9.17, 15) is 10.2 Å². The summed E-state index contributed by atoms with van der Waals surface area (Å²) in [5.41, 5.74) is 6.01. The molecule has 6 heteroatoms. The predicted molar refractivity (Wildman–Crippen MR) is 168 cm³/mol. The second-order valence-electron chi connectivity index (χ2n) is 16.4. The largest absolute Gasteiger partial charge is 1.00 e. The minimum absolute atomic E-state index is 0. The molecule has 1 aliphatic carbocycles. The van der Waals surface area contributed by atoms with E-state index >= 15 is 0 Å². The number of phenolic OH excluding ortho intramolecular Hbond substituents is 2. The van der Waals surface area contributed by atoms with Crippen molar-refractivity contribution in [2.45, 2.75) is 143 Å². The summed E-state index contributed by atoms with van der Waals surface area (Å²) >= 11 is 0.0117. The standard InChI is InChI=1S/C36H54N2O2.Cr.HI/c1-33(2,3)25-17-23(31(39)27(19-25)35(7,8)9)21-37-29-15-13-14-16-30(29)38-22-24-18-26(34(4,5)6)20-28(32(24)40)36(10,11)12;;/h17-22,29-30,39-40H,13-16H2,1-12H3;;1H/q;+2;/p-1/t29-,30-;;/m1../s1. The van der Waals surface area contributed by atoms with Crippen molar-refractivity contribution in [3.63, 3.8) is 0 Å². The Morgan fingerprint density at radius 3 is 1.21 bits per heavy atom. The van der Waals surface area contributed by atoms with Gasteiger partial charge in [0, 0.05) is 0 Å². The first-order valence-electron chi connectivity index (χ1n) is 15.4. The Kier molecular flexibility index (Phi) is 10.2. The summed E-state index contributed by atoms with van der Waals surface area (Å²) in [6.07, 6.45) is 9.25. The Morgan fingerprint density at radius 2 is 0.929 bits per heavy atom. The fourth-order valence-electron chi connectivity index (χ4n) is 5.95. The number of phenols is 2. The fraction of sp³-hybridized carbons (Fsp3) is 0.611. The van der Waals surface area contributed by atoms with Gasteiger partial charge in [0.25, 0.3) is 0 Å². The summed E-state index contributed by atoms with van der Waals surface area (Å²) < 4.78 is 5.02. The van der Waals surface area contributed by atoms with Crippen molar-refractivity contribution in [2.24, 2.45) is 0 Å². The van der Waals surface area contributed by atoms with Crippen LogP contribution >= 0.6 is 0 Å². The van der Waals surface area contributed by atoms with Crippen LogP contribution in [-0.2, 0) is 37.3 Å². The first-order valence-corrected chi connectivity index (χ1v) is 16.5. The van der Waals surface area contributed by atoms with Gasteiger partial charge in [0.1, 0.15) is 0 Å². The van der Waals surface area contributed by atoms with Crippen molar-refractivity contribution in [3.8, 4) is 11.5 Å². The molecule has 0 amide bonds. The number of fused-ring (bicyclic) bond motifs is 1. The zero-order chi connectivity index (χ0) is 30.7. The molecule has 1 saturated carbocycles. The molecular weight excluding hydrogens is 671 g/mol. The fourth-order valence-corrected chi connectivity index (χ4v) is 7.94. The molecule has 1 aliphatic heterocycles. The van der Waals surface area contributed by atoms with Gasteiger partial charge in [-0.3, -0.25) is 0 Å². The molecule has 2 N–H and O–H groups in total. The van der Waals surface area contributed by atoms with Crippen molar-refractivity contribution in [1.82, 2.24) is 0 Å². The summed E-state index contributed by atoms with van der Waals surface area (Å²) in [5.74, 6) is 0.808. The van der Waals surface area contributed by atoms with Crippen LogP contribution in [0.4, 0.5) is 0 Å². The van der Waals surface area contributed by atoms with Gasteiger partial charge in [-0.2, -0.15) is 0 Å². The van der Waals surface area contributed by atoms with Crippen LogP contribution in [0.15, 0.2) is 24.3 Å². The Labute approximate surface area is 279 Å². The second kappa shape index (κ2) is 12.2. The van der Waals surface area contributed by atoms with E-state index in [2.05, 4.69) is 127 Å². The zero-order valence-electron chi connectivity index (χ0n) is 28.0. The third kappa shape index (κ3) is 7.47. The molecule has 0 bridgehead atoms. The van der Waals surface area contributed by atoms with Crippen molar-refractivity contribution in [1.29, 1.82) is 0 Å². The van der Waals surface area contributed by atoms with E-state index in [1.807, 2.05) is 0 Å². The van der Waals surface area contributed by atoms with Crippen LogP contribution in [0.1, 0.15) is 142 Å². The van der Waals surface area contributed by atoms with Gasteiger partial charge in [-0.05, 0) is 0 Å². The summed E-state index contributed by atoms with van der Waals surface area (Å²) in [5, 5.41) is 23.0. The molecule has 2 atom stereocenters. The van der Waals surface area contributed by atoms with Crippen LogP contribution in [0.3, 0.4) is 0 Å². The Bertz CT molecular complexity index is 1280. The number of hydrogen-bond donors (Lipinski definition) is 2. The molecule has 2 aliphatic rings. The van der Waals surface area contributed by atoms with Crippen molar-refractivity contribution in [2.75, 3.05) is 0 Å². The number of rotatable bonds is 2. The normalized spacial score (nSPS) is 21.9. The topological polar surface area (TPSA) is 46.5 Å². The number of aromatic hydroxyl groups is 2. The molecular formula is C36H54CrIN2O2+. The van der Waals surface area contributed by atoms with Crippen LogP contribution in [0.25, 0.3) is 0 Å². The second-order valence-corrected chi connectivity index (χ2v) is 18.0. The summed E-state index contributed by atoms with van der Waals surface area (Å²) in [6, 6.07) is 9.60. The molecule has 2 aromatic carbocycles. The molecule has 1 saturated heterocycles. The van der Waals surface area contributed by atoms with E-state index in [1.165, 1.54) is 24.0 Å². The van der Waals surface area contributed by atoms with E-state index in [-0.39, 0.29) is 61.3 Å². The molecule has 2 aromatic rings. The van der Waals surface area contributed by atoms with Crippen LogP contribution in [0, 0.1) is 0 Å². The molecule has 0 aromatic heterocycles. The molecule has 2 fully saturated rings. The van der Waals surface area contributed by atoms with Gasteiger partial charge in [-0.1, -0.05) is 0 Å². The Balaban J connectivity index is 0.00000484. The van der Waals surface area contributed by atoms with Gasteiger partial charge in [0.2, 0.25) is 0 Å². The molecule has 4 nitrogen and oxygen atoms in total. The van der Waals surface area contributed by atoms with Gasteiger partial charge >= 0.3 is 257 Å². The molecule has 0 spiro atoms. The quantitative estimate of drug-likeness (QED) is 0.425. The van der Waals surface area contributed by atoms with Gasteiger partial charge in [0.05, 0.1) is 0 Å². The molecule has 4 rings (SSSR count). The number of halogens is 1. The van der Waals surface area contributed by atoms with Crippen LogP contribution in [0.5, 0.6) is 11.5 Å². The first kappa shape index (κ1) is 35.1. The maximum atomic E-state index is 11.5. The molecule has 0 radical (unpaired) electrons.